The molecule has 1 heterocycles. The van der Waals surface area contributed by atoms with Gasteiger partial charge in [-0.25, -0.2) is 8.42 Å². The third kappa shape index (κ3) is 4.15. The summed E-state index contributed by atoms with van der Waals surface area (Å²) in [4.78, 5) is 2.19. The Morgan fingerprint density at radius 1 is 1.50 bits per heavy atom. The lowest BCUT2D eigenvalue weighted by atomic mass is 10.00. The number of hydrogen-bond acceptors (Lipinski definition) is 3. The van der Waals surface area contributed by atoms with E-state index in [-0.39, 0.29) is 11.1 Å². The van der Waals surface area contributed by atoms with E-state index in [1.54, 1.807) is 0 Å². The van der Waals surface area contributed by atoms with E-state index in [1.165, 1.54) is 6.26 Å². The summed E-state index contributed by atoms with van der Waals surface area (Å²) in [5.74, 6) is 0.720. The quantitative estimate of drug-likeness (QED) is 0.689. The lowest BCUT2D eigenvalue weighted by molar-refractivity contribution is 0.197. The topological polar surface area (TPSA) is 37.4 Å². The highest BCUT2D eigenvalue weighted by atomic mass is 35.5. The van der Waals surface area contributed by atoms with Crippen molar-refractivity contribution in [2.45, 2.75) is 18.7 Å². The van der Waals surface area contributed by atoms with Crippen LogP contribution in [0.25, 0.3) is 0 Å². The summed E-state index contributed by atoms with van der Waals surface area (Å²) in [7, 11) is -2.83. The Balaban J connectivity index is 2.34. The predicted octanol–water partition coefficient (Wildman–Crippen LogP) is 0.980. The average molecular weight is 240 g/mol. The summed E-state index contributed by atoms with van der Waals surface area (Å²) < 4.78 is 21.9. The predicted molar refractivity (Wildman–Crippen MR) is 59.6 cm³/mol. The van der Waals surface area contributed by atoms with Crippen LogP contribution < -0.4 is 0 Å². The first kappa shape index (κ1) is 12.3. The van der Waals surface area contributed by atoms with E-state index >= 15 is 0 Å². The van der Waals surface area contributed by atoms with Crippen LogP contribution in [0, 0.1) is 5.92 Å². The van der Waals surface area contributed by atoms with Gasteiger partial charge in [-0.2, -0.15) is 0 Å². The van der Waals surface area contributed by atoms with Gasteiger partial charge in [-0.05, 0) is 18.9 Å². The zero-order chi connectivity index (χ0) is 10.8. The largest absolute Gasteiger partial charge is 0.302 e. The Kier molecular flexibility index (Phi) is 4.22. The van der Waals surface area contributed by atoms with Crippen molar-refractivity contribution < 1.29 is 8.42 Å². The molecule has 0 aliphatic carbocycles. The number of nitrogens with zero attached hydrogens (tertiary/aromatic N) is 1. The van der Waals surface area contributed by atoms with Gasteiger partial charge in [0.2, 0.25) is 0 Å². The van der Waals surface area contributed by atoms with Crippen molar-refractivity contribution >= 4 is 21.4 Å². The second kappa shape index (κ2) is 4.81. The molecule has 0 aromatic heterocycles. The van der Waals surface area contributed by atoms with Gasteiger partial charge < -0.3 is 4.90 Å². The number of piperidine rings is 1. The molecule has 2 unspecified atom stereocenters. The number of alkyl halides is 1. The van der Waals surface area contributed by atoms with E-state index < -0.39 is 9.84 Å². The standard InChI is InChI=1S/C9H18ClNO2S/c1-8-7-11(4-3-9(8)10)5-6-14(2,12)13/h8-9H,3-7H2,1-2H3. The summed E-state index contributed by atoms with van der Waals surface area (Å²) in [5.41, 5.74) is 0. The van der Waals surface area contributed by atoms with Crippen molar-refractivity contribution in [1.82, 2.24) is 4.90 Å². The molecule has 1 aliphatic heterocycles. The van der Waals surface area contributed by atoms with E-state index in [2.05, 4.69) is 11.8 Å². The monoisotopic (exact) mass is 239 g/mol. The minimum absolute atomic E-state index is 0.254. The first-order valence-corrected chi connectivity index (χ1v) is 7.42. The molecule has 0 radical (unpaired) electrons. The molecule has 0 N–H and O–H groups in total. The zero-order valence-corrected chi connectivity index (χ0v) is 10.3. The van der Waals surface area contributed by atoms with E-state index in [1.807, 2.05) is 0 Å². The van der Waals surface area contributed by atoms with Gasteiger partial charge in [0.05, 0.1) is 5.75 Å². The number of rotatable bonds is 3. The van der Waals surface area contributed by atoms with Gasteiger partial charge in [0, 0.05) is 24.7 Å². The fourth-order valence-corrected chi connectivity index (χ4v) is 2.47. The first-order chi connectivity index (χ1) is 6.38. The lowest BCUT2D eigenvalue weighted by Gasteiger charge is -2.33. The molecule has 0 saturated carbocycles. The third-order valence-electron chi connectivity index (χ3n) is 2.66. The molecule has 5 heteroatoms. The Morgan fingerprint density at radius 3 is 2.64 bits per heavy atom. The van der Waals surface area contributed by atoms with Gasteiger partial charge in [0.15, 0.2) is 0 Å². The van der Waals surface area contributed by atoms with Gasteiger partial charge in [-0.3, -0.25) is 0 Å². The van der Waals surface area contributed by atoms with Crippen LogP contribution in [0.1, 0.15) is 13.3 Å². The van der Waals surface area contributed by atoms with Gasteiger partial charge in [0.25, 0.3) is 0 Å². The van der Waals surface area contributed by atoms with E-state index in [9.17, 15) is 8.42 Å². The fraction of sp³-hybridized carbons (Fsp3) is 1.00. The smallest absolute Gasteiger partial charge is 0.148 e. The van der Waals surface area contributed by atoms with Crippen LogP contribution >= 0.6 is 11.6 Å². The highest BCUT2D eigenvalue weighted by Crippen LogP contribution is 2.21. The highest BCUT2D eigenvalue weighted by Gasteiger charge is 2.24. The summed E-state index contributed by atoms with van der Waals surface area (Å²) in [6.07, 6.45) is 2.25. The van der Waals surface area contributed by atoms with Crippen LogP contribution in [0.15, 0.2) is 0 Å². The Hall–Kier alpha value is 0.200. The molecule has 0 aromatic carbocycles. The summed E-state index contributed by atoms with van der Waals surface area (Å²) in [5, 5.41) is 0.254. The van der Waals surface area contributed by atoms with Crippen LogP contribution in [0.3, 0.4) is 0 Å². The van der Waals surface area contributed by atoms with E-state index in [0.29, 0.717) is 12.5 Å². The summed E-state index contributed by atoms with van der Waals surface area (Å²) in [6.45, 7) is 4.61. The Bertz CT molecular complexity index is 279. The van der Waals surface area contributed by atoms with Crippen LogP contribution in [0.2, 0.25) is 0 Å². The number of hydrogen-bond donors (Lipinski definition) is 0. The summed E-state index contributed by atoms with van der Waals surface area (Å²) in [6, 6.07) is 0. The molecule has 0 aromatic rings. The molecule has 14 heavy (non-hydrogen) atoms. The van der Waals surface area contributed by atoms with Crippen LogP contribution in [0.4, 0.5) is 0 Å². The number of sulfone groups is 1. The Morgan fingerprint density at radius 2 is 2.14 bits per heavy atom. The number of likely N-dealkylation sites (tertiary alicyclic amines) is 1. The highest BCUT2D eigenvalue weighted by molar-refractivity contribution is 7.90. The SMILES string of the molecule is CC1CN(CCS(C)(=O)=O)CCC1Cl. The van der Waals surface area contributed by atoms with Crippen molar-refractivity contribution in [2.75, 3.05) is 31.6 Å². The summed E-state index contributed by atoms with van der Waals surface area (Å²) >= 11 is 6.08. The van der Waals surface area contributed by atoms with E-state index in [4.69, 9.17) is 11.6 Å². The molecule has 0 amide bonds. The van der Waals surface area contributed by atoms with Gasteiger partial charge in [-0.1, -0.05) is 6.92 Å². The second-order valence-corrected chi connectivity index (χ2v) is 7.03. The molecule has 1 rings (SSSR count). The van der Waals surface area contributed by atoms with Gasteiger partial charge in [0.1, 0.15) is 9.84 Å². The maximum atomic E-state index is 11.0. The minimum atomic E-state index is -2.83. The molecule has 0 spiro atoms. The maximum Gasteiger partial charge on any atom is 0.148 e. The third-order valence-corrected chi connectivity index (χ3v) is 4.24. The fourth-order valence-electron chi connectivity index (χ4n) is 1.70. The molecule has 1 fully saturated rings. The minimum Gasteiger partial charge on any atom is -0.302 e. The molecular weight excluding hydrogens is 222 g/mol. The van der Waals surface area contributed by atoms with Gasteiger partial charge >= 0.3 is 0 Å². The van der Waals surface area contributed by atoms with Gasteiger partial charge in [-0.15, -0.1) is 11.6 Å². The van der Waals surface area contributed by atoms with Crippen molar-refractivity contribution in [1.29, 1.82) is 0 Å². The van der Waals surface area contributed by atoms with Crippen molar-refractivity contribution in [3.63, 3.8) is 0 Å². The normalized spacial score (nSPS) is 30.5. The van der Waals surface area contributed by atoms with Crippen molar-refractivity contribution in [2.24, 2.45) is 5.92 Å². The van der Waals surface area contributed by atoms with Crippen molar-refractivity contribution in [3.8, 4) is 0 Å². The molecular formula is C9H18ClNO2S. The molecule has 3 nitrogen and oxygen atoms in total. The molecule has 2 atom stereocenters. The average Bonchev–Trinajstić information content (AvgIpc) is 2.06. The molecule has 84 valence electrons. The molecule has 1 aliphatic rings. The van der Waals surface area contributed by atoms with Crippen molar-refractivity contribution in [3.05, 3.63) is 0 Å². The number of halogens is 1. The van der Waals surface area contributed by atoms with Crippen LogP contribution in [-0.2, 0) is 9.84 Å². The van der Waals surface area contributed by atoms with E-state index in [0.717, 1.165) is 19.5 Å². The molecule has 0 bridgehead atoms. The first-order valence-electron chi connectivity index (χ1n) is 4.92. The Labute approximate surface area is 91.3 Å². The van der Waals surface area contributed by atoms with Crippen LogP contribution in [-0.4, -0.2) is 50.3 Å². The maximum absolute atomic E-state index is 11.0. The zero-order valence-electron chi connectivity index (χ0n) is 8.74. The van der Waals surface area contributed by atoms with Crippen LogP contribution in [0.5, 0.6) is 0 Å². The lowest BCUT2D eigenvalue weighted by Crippen LogP contribution is -2.41. The second-order valence-electron chi connectivity index (χ2n) is 4.21. The molecule has 1 saturated heterocycles.